The van der Waals surface area contributed by atoms with Crippen LogP contribution in [0.25, 0.3) is 11.1 Å². The van der Waals surface area contributed by atoms with Gasteiger partial charge in [-0.15, -0.1) is 0 Å². The smallest absolute Gasteiger partial charge is 0.335 e. The molecule has 1 aliphatic heterocycles. The van der Waals surface area contributed by atoms with E-state index in [9.17, 15) is 19.5 Å². The van der Waals surface area contributed by atoms with Crippen LogP contribution in [-0.2, 0) is 27.4 Å². The molecule has 8 heteroatoms. The van der Waals surface area contributed by atoms with Crippen molar-refractivity contribution in [2.45, 2.75) is 64.1 Å². The third kappa shape index (κ3) is 6.36. The fourth-order valence-electron chi connectivity index (χ4n) is 6.71. The molecule has 1 saturated carbocycles. The van der Waals surface area contributed by atoms with Crippen molar-refractivity contribution in [3.63, 3.8) is 0 Å². The normalized spacial score (nSPS) is 21.1. The summed E-state index contributed by atoms with van der Waals surface area (Å²) in [4.78, 5) is 41.8. The summed E-state index contributed by atoms with van der Waals surface area (Å²) >= 11 is 0. The van der Waals surface area contributed by atoms with Crippen LogP contribution in [0.1, 0.15) is 72.6 Å². The molecular formula is C35H41N3O5. The summed E-state index contributed by atoms with van der Waals surface area (Å²) < 4.78 is 5.28. The molecule has 1 atom stereocenters. The van der Waals surface area contributed by atoms with Gasteiger partial charge in [-0.3, -0.25) is 9.59 Å². The van der Waals surface area contributed by atoms with E-state index in [0.29, 0.717) is 31.2 Å². The van der Waals surface area contributed by atoms with Crippen molar-refractivity contribution in [3.8, 4) is 11.1 Å². The average Bonchev–Trinajstić information content (AvgIpc) is 3.00. The largest absolute Gasteiger partial charge is 0.478 e. The minimum Gasteiger partial charge on any atom is -0.478 e. The van der Waals surface area contributed by atoms with Gasteiger partial charge in [-0.05, 0) is 110 Å². The molecule has 1 unspecified atom stereocenters. The van der Waals surface area contributed by atoms with Gasteiger partial charge in [0.15, 0.2) is 0 Å². The molecular weight excluding hydrogens is 542 g/mol. The van der Waals surface area contributed by atoms with Crippen LogP contribution in [0.3, 0.4) is 0 Å². The van der Waals surface area contributed by atoms with Crippen LogP contribution in [0, 0.1) is 11.8 Å². The topological polar surface area (TPSA) is 122 Å². The molecule has 0 saturated heterocycles. The van der Waals surface area contributed by atoms with Gasteiger partial charge in [-0.1, -0.05) is 42.5 Å². The molecule has 0 radical (unpaired) electrons. The van der Waals surface area contributed by atoms with Gasteiger partial charge in [0.2, 0.25) is 5.91 Å². The summed E-state index contributed by atoms with van der Waals surface area (Å²) in [5.41, 5.74) is 10.9. The highest BCUT2D eigenvalue weighted by Crippen LogP contribution is 2.45. The SMILES string of the molecule is COCc1ccc(-c2cccc3c2CC(C)(C)N(C(=O)C2CCC(CN)CC2)C3C(=O)Nc2ccc(C(=O)O)cc2)cc1. The summed E-state index contributed by atoms with van der Waals surface area (Å²) in [5, 5.41) is 12.3. The van der Waals surface area contributed by atoms with Gasteiger partial charge in [0.25, 0.3) is 5.91 Å². The number of benzene rings is 3. The number of carboxylic acids is 1. The summed E-state index contributed by atoms with van der Waals surface area (Å²) in [6, 6.07) is 19.4. The first-order valence-electron chi connectivity index (χ1n) is 15.0. The van der Waals surface area contributed by atoms with Crippen molar-refractivity contribution in [1.29, 1.82) is 0 Å². The first-order chi connectivity index (χ1) is 20.6. The number of aromatic carboxylic acids is 1. The van der Waals surface area contributed by atoms with Crippen LogP contribution >= 0.6 is 0 Å². The number of nitrogens with one attached hydrogen (secondary N) is 1. The second-order valence-corrected chi connectivity index (χ2v) is 12.4. The van der Waals surface area contributed by atoms with Crippen LogP contribution in [-0.4, -0.2) is 47.0 Å². The molecule has 43 heavy (non-hydrogen) atoms. The van der Waals surface area contributed by atoms with Gasteiger partial charge >= 0.3 is 5.97 Å². The Labute approximate surface area is 253 Å². The van der Waals surface area contributed by atoms with Gasteiger partial charge in [-0.25, -0.2) is 4.79 Å². The number of hydrogen-bond donors (Lipinski definition) is 3. The molecule has 2 amide bonds. The molecule has 3 aromatic rings. The zero-order chi connectivity index (χ0) is 30.7. The lowest BCUT2D eigenvalue weighted by atomic mass is 9.75. The third-order valence-corrected chi connectivity index (χ3v) is 9.02. The van der Waals surface area contributed by atoms with Gasteiger partial charge in [-0.2, -0.15) is 0 Å². The number of hydrogen-bond acceptors (Lipinski definition) is 5. The lowest BCUT2D eigenvalue weighted by Gasteiger charge is -2.50. The highest BCUT2D eigenvalue weighted by atomic mass is 16.5. The minimum absolute atomic E-state index is 0.00168. The van der Waals surface area contributed by atoms with Crippen LogP contribution in [0.2, 0.25) is 0 Å². The summed E-state index contributed by atoms with van der Waals surface area (Å²) in [7, 11) is 1.67. The highest BCUT2D eigenvalue weighted by Gasteiger charge is 2.48. The van der Waals surface area contributed by atoms with Crippen molar-refractivity contribution in [2.75, 3.05) is 19.0 Å². The van der Waals surface area contributed by atoms with Crippen molar-refractivity contribution >= 4 is 23.5 Å². The first-order valence-corrected chi connectivity index (χ1v) is 15.0. The number of carbonyl (C=O) groups is 3. The molecule has 226 valence electrons. The van der Waals surface area contributed by atoms with Crippen molar-refractivity contribution < 1.29 is 24.2 Å². The van der Waals surface area contributed by atoms with E-state index < -0.39 is 17.6 Å². The molecule has 0 spiro atoms. The first kappa shape index (κ1) is 30.4. The van der Waals surface area contributed by atoms with Crippen molar-refractivity contribution in [1.82, 2.24) is 4.90 Å². The standard InChI is InChI=1S/C35H41N3O5/c1-35(2)19-30-28(24-11-9-23(10-12-24)21-43-3)5-4-6-29(30)31(32(39)37-27-17-15-26(16-18-27)34(41)42)38(35)33(40)25-13-7-22(20-36)8-14-25/h4-6,9-12,15-18,22,25,31H,7-8,13-14,19-21,36H2,1-3H3,(H,37,39)(H,41,42). The molecule has 4 N–H and O–H groups in total. The van der Waals surface area contributed by atoms with Gasteiger partial charge in [0, 0.05) is 24.3 Å². The van der Waals surface area contributed by atoms with E-state index in [-0.39, 0.29) is 23.3 Å². The number of methoxy groups -OCH3 is 1. The average molecular weight is 584 g/mol. The number of nitrogens with two attached hydrogens (primary N) is 1. The van der Waals surface area contributed by atoms with Crippen LogP contribution in [0.15, 0.2) is 66.7 Å². The molecule has 1 heterocycles. The highest BCUT2D eigenvalue weighted by molar-refractivity contribution is 6.00. The second kappa shape index (κ2) is 12.7. The number of carboxylic acid groups (broad SMARTS) is 1. The number of rotatable bonds is 8. The number of amides is 2. The van der Waals surface area contributed by atoms with Gasteiger partial charge in [0.1, 0.15) is 6.04 Å². The maximum absolute atomic E-state index is 14.4. The summed E-state index contributed by atoms with van der Waals surface area (Å²) in [6.07, 6.45) is 3.94. The predicted molar refractivity (Wildman–Crippen MR) is 166 cm³/mol. The molecule has 3 aromatic carbocycles. The van der Waals surface area contributed by atoms with E-state index in [2.05, 4.69) is 23.5 Å². The molecule has 1 fully saturated rings. The fourth-order valence-corrected chi connectivity index (χ4v) is 6.71. The number of carbonyl (C=O) groups excluding carboxylic acids is 2. The molecule has 0 bridgehead atoms. The second-order valence-electron chi connectivity index (χ2n) is 12.4. The van der Waals surface area contributed by atoms with Gasteiger partial charge < -0.3 is 25.8 Å². The third-order valence-electron chi connectivity index (χ3n) is 9.02. The van der Waals surface area contributed by atoms with Crippen molar-refractivity contribution in [3.05, 3.63) is 89.0 Å². The Morgan fingerprint density at radius 2 is 1.65 bits per heavy atom. The number of ether oxygens (including phenoxy) is 1. The lowest BCUT2D eigenvalue weighted by Crippen LogP contribution is -2.58. The molecule has 2 aliphatic rings. The fraction of sp³-hybridized carbons (Fsp3) is 0.400. The van der Waals surface area contributed by atoms with Crippen LogP contribution in [0.5, 0.6) is 0 Å². The van der Waals surface area contributed by atoms with E-state index in [1.165, 1.54) is 12.1 Å². The summed E-state index contributed by atoms with van der Waals surface area (Å²) in [5.74, 6) is -1.09. The Kier molecular flexibility index (Phi) is 8.99. The Hall–Kier alpha value is -4.01. The molecule has 0 aromatic heterocycles. The van der Waals surface area contributed by atoms with E-state index in [1.807, 2.05) is 43.0 Å². The summed E-state index contributed by atoms with van der Waals surface area (Å²) in [6.45, 7) is 5.24. The molecule has 5 rings (SSSR count). The van der Waals surface area contributed by atoms with E-state index in [0.717, 1.165) is 53.5 Å². The van der Waals surface area contributed by atoms with Crippen LogP contribution < -0.4 is 11.1 Å². The van der Waals surface area contributed by atoms with Crippen LogP contribution in [0.4, 0.5) is 5.69 Å². The number of fused-ring (bicyclic) bond motifs is 1. The quantitative estimate of drug-likeness (QED) is 0.308. The Bertz CT molecular complexity index is 1470. The van der Waals surface area contributed by atoms with Gasteiger partial charge in [0.05, 0.1) is 12.2 Å². The predicted octanol–water partition coefficient (Wildman–Crippen LogP) is 5.81. The molecule has 1 aliphatic carbocycles. The Balaban J connectivity index is 1.56. The Morgan fingerprint density at radius 3 is 2.26 bits per heavy atom. The maximum Gasteiger partial charge on any atom is 0.335 e. The molecule has 8 nitrogen and oxygen atoms in total. The minimum atomic E-state index is -1.04. The number of nitrogens with zero attached hydrogens (tertiary/aromatic N) is 1. The van der Waals surface area contributed by atoms with Crippen molar-refractivity contribution in [2.24, 2.45) is 17.6 Å². The number of anilines is 1. The monoisotopic (exact) mass is 583 g/mol. The zero-order valence-corrected chi connectivity index (χ0v) is 25.1. The Morgan fingerprint density at radius 1 is 0.977 bits per heavy atom. The van der Waals surface area contributed by atoms with E-state index in [4.69, 9.17) is 10.5 Å². The van der Waals surface area contributed by atoms with E-state index in [1.54, 1.807) is 19.2 Å². The van der Waals surface area contributed by atoms with E-state index >= 15 is 0 Å². The maximum atomic E-state index is 14.4. The zero-order valence-electron chi connectivity index (χ0n) is 25.1. The lowest BCUT2D eigenvalue weighted by molar-refractivity contribution is -0.151.